The molecule has 0 aliphatic carbocycles. The van der Waals surface area contributed by atoms with E-state index in [0.717, 1.165) is 0 Å². The van der Waals surface area contributed by atoms with E-state index >= 15 is 0 Å². The fourth-order valence-corrected chi connectivity index (χ4v) is 3.49. The minimum Gasteiger partial charge on any atom is -0.438 e. The lowest BCUT2D eigenvalue weighted by molar-refractivity contribution is 0.0695. The monoisotopic (exact) mass is 401 g/mol. The van der Waals surface area contributed by atoms with Gasteiger partial charge in [-0.2, -0.15) is 0 Å². The van der Waals surface area contributed by atoms with E-state index in [1.807, 2.05) is 48.5 Å². The highest BCUT2D eigenvalue weighted by atomic mass is 16.5. The van der Waals surface area contributed by atoms with Crippen LogP contribution in [0.25, 0.3) is 0 Å². The number of aromatic nitrogens is 1. The molecule has 4 rings (SSSR count). The van der Waals surface area contributed by atoms with Crippen molar-refractivity contribution in [1.29, 1.82) is 0 Å². The van der Waals surface area contributed by atoms with Crippen LogP contribution in [0, 0.1) is 0 Å². The van der Waals surface area contributed by atoms with Gasteiger partial charge in [0, 0.05) is 30.9 Å². The van der Waals surface area contributed by atoms with Gasteiger partial charge < -0.3 is 15.0 Å². The number of carbonyl (C=O) groups excluding carboxylic acids is 2. The molecule has 6 heteroatoms. The van der Waals surface area contributed by atoms with Gasteiger partial charge >= 0.3 is 0 Å². The molecular formula is C24H23N3O3. The van der Waals surface area contributed by atoms with Gasteiger partial charge in [0.05, 0.1) is 0 Å². The molecule has 0 unspecified atom stereocenters. The number of para-hydroxylation sites is 1. The predicted molar refractivity (Wildman–Crippen MR) is 114 cm³/mol. The molecule has 1 aliphatic heterocycles. The third-order valence-corrected chi connectivity index (χ3v) is 5.11. The van der Waals surface area contributed by atoms with E-state index in [1.165, 1.54) is 0 Å². The first-order valence-corrected chi connectivity index (χ1v) is 10.0. The van der Waals surface area contributed by atoms with Crippen LogP contribution in [0.4, 0.5) is 0 Å². The van der Waals surface area contributed by atoms with Crippen LogP contribution in [0.15, 0.2) is 79.0 Å². The van der Waals surface area contributed by atoms with Crippen LogP contribution in [-0.2, 0) is 0 Å². The van der Waals surface area contributed by atoms with E-state index in [2.05, 4.69) is 10.3 Å². The number of nitrogens with one attached hydrogen (secondary N) is 1. The van der Waals surface area contributed by atoms with Gasteiger partial charge in [0.1, 0.15) is 11.3 Å². The summed E-state index contributed by atoms with van der Waals surface area (Å²) in [6, 6.07) is 22.0. The summed E-state index contributed by atoms with van der Waals surface area (Å²) in [7, 11) is 0. The number of likely N-dealkylation sites (tertiary alicyclic amines) is 1. The first-order valence-electron chi connectivity index (χ1n) is 10.0. The Morgan fingerprint density at radius 2 is 1.57 bits per heavy atom. The molecule has 0 bridgehead atoms. The Morgan fingerprint density at radius 3 is 2.27 bits per heavy atom. The molecule has 1 fully saturated rings. The molecule has 6 nitrogen and oxygen atoms in total. The molecule has 3 aromatic rings. The zero-order valence-electron chi connectivity index (χ0n) is 16.5. The number of benzene rings is 2. The highest BCUT2D eigenvalue weighted by Gasteiger charge is 2.27. The molecule has 2 aromatic carbocycles. The van der Waals surface area contributed by atoms with Crippen LogP contribution in [-0.4, -0.2) is 40.8 Å². The summed E-state index contributed by atoms with van der Waals surface area (Å²) in [5.74, 6) is 0.744. The lowest BCUT2D eigenvalue weighted by atomic mass is 10.0. The quantitative estimate of drug-likeness (QED) is 0.704. The third kappa shape index (κ3) is 4.66. The van der Waals surface area contributed by atoms with Crippen molar-refractivity contribution in [3.63, 3.8) is 0 Å². The molecule has 152 valence electrons. The maximum absolute atomic E-state index is 13.1. The number of carbonyl (C=O) groups is 2. The number of ether oxygens (including phenoxy) is 1. The van der Waals surface area contributed by atoms with Crippen LogP contribution >= 0.6 is 0 Å². The Labute approximate surface area is 175 Å². The molecule has 30 heavy (non-hydrogen) atoms. The Balaban J connectivity index is 1.37. The lowest BCUT2D eigenvalue weighted by Gasteiger charge is -2.32. The van der Waals surface area contributed by atoms with E-state index in [1.54, 1.807) is 35.4 Å². The number of pyridine rings is 1. The second-order valence-electron chi connectivity index (χ2n) is 7.18. The molecule has 2 amide bonds. The van der Waals surface area contributed by atoms with Gasteiger partial charge in [-0.3, -0.25) is 9.59 Å². The highest BCUT2D eigenvalue weighted by molar-refractivity contribution is 5.96. The van der Waals surface area contributed by atoms with Crippen LogP contribution in [0.2, 0.25) is 0 Å². The summed E-state index contributed by atoms with van der Waals surface area (Å²) in [6.07, 6.45) is 3.03. The van der Waals surface area contributed by atoms with Gasteiger partial charge in [-0.1, -0.05) is 36.4 Å². The molecule has 1 saturated heterocycles. The van der Waals surface area contributed by atoms with Gasteiger partial charge in [-0.05, 0) is 49.2 Å². The number of hydrogen-bond acceptors (Lipinski definition) is 4. The molecule has 0 saturated carbocycles. The minimum atomic E-state index is -0.109. The van der Waals surface area contributed by atoms with Crippen molar-refractivity contribution in [2.24, 2.45) is 0 Å². The number of piperidine rings is 1. The fourth-order valence-electron chi connectivity index (χ4n) is 3.49. The van der Waals surface area contributed by atoms with Gasteiger partial charge in [0.2, 0.25) is 5.88 Å². The van der Waals surface area contributed by atoms with Crippen molar-refractivity contribution in [3.05, 3.63) is 90.1 Å². The number of nitrogens with zero attached hydrogens (tertiary/aromatic N) is 2. The van der Waals surface area contributed by atoms with Crippen molar-refractivity contribution in [3.8, 4) is 11.6 Å². The summed E-state index contributed by atoms with van der Waals surface area (Å²) in [6.45, 7) is 1.14. The van der Waals surface area contributed by atoms with E-state index in [-0.39, 0.29) is 17.9 Å². The van der Waals surface area contributed by atoms with Crippen molar-refractivity contribution in [2.45, 2.75) is 18.9 Å². The SMILES string of the molecule is O=C(NC1CCN(C(=O)c2cccnc2Oc2ccccc2)CC1)c1ccccc1. The van der Waals surface area contributed by atoms with E-state index in [0.29, 0.717) is 48.7 Å². The highest BCUT2D eigenvalue weighted by Crippen LogP contribution is 2.25. The van der Waals surface area contributed by atoms with Gasteiger partial charge in [-0.25, -0.2) is 4.98 Å². The maximum Gasteiger partial charge on any atom is 0.259 e. The van der Waals surface area contributed by atoms with Crippen LogP contribution in [0.1, 0.15) is 33.6 Å². The molecule has 2 heterocycles. The molecule has 0 radical (unpaired) electrons. The average Bonchev–Trinajstić information content (AvgIpc) is 2.81. The van der Waals surface area contributed by atoms with E-state index in [9.17, 15) is 9.59 Å². The van der Waals surface area contributed by atoms with Crippen LogP contribution < -0.4 is 10.1 Å². The predicted octanol–water partition coefficient (Wildman–Crippen LogP) is 3.91. The first-order chi connectivity index (χ1) is 14.7. The summed E-state index contributed by atoms with van der Waals surface area (Å²) in [4.78, 5) is 31.5. The second kappa shape index (κ2) is 9.22. The zero-order valence-corrected chi connectivity index (χ0v) is 16.5. The Morgan fingerprint density at radius 1 is 0.900 bits per heavy atom. The summed E-state index contributed by atoms with van der Waals surface area (Å²) < 4.78 is 5.83. The average molecular weight is 401 g/mol. The van der Waals surface area contributed by atoms with Crippen molar-refractivity contribution < 1.29 is 14.3 Å². The van der Waals surface area contributed by atoms with E-state index < -0.39 is 0 Å². The minimum absolute atomic E-state index is 0.0516. The van der Waals surface area contributed by atoms with Crippen molar-refractivity contribution in [2.75, 3.05) is 13.1 Å². The Hall–Kier alpha value is -3.67. The maximum atomic E-state index is 13.1. The Bertz CT molecular complexity index is 1000. The Kier molecular flexibility index (Phi) is 6.03. The van der Waals surface area contributed by atoms with Crippen LogP contribution in [0.5, 0.6) is 11.6 Å². The standard InChI is InChI=1S/C24H23N3O3/c28-22(18-8-3-1-4-9-18)26-19-13-16-27(17-14-19)24(29)21-12-7-15-25-23(21)30-20-10-5-2-6-11-20/h1-12,15,19H,13-14,16-17H2,(H,26,28). The fraction of sp³-hybridized carbons (Fsp3) is 0.208. The lowest BCUT2D eigenvalue weighted by Crippen LogP contribution is -2.46. The summed E-state index contributed by atoms with van der Waals surface area (Å²) >= 11 is 0. The van der Waals surface area contributed by atoms with Crippen molar-refractivity contribution >= 4 is 11.8 Å². The zero-order chi connectivity index (χ0) is 20.8. The van der Waals surface area contributed by atoms with E-state index in [4.69, 9.17) is 4.74 Å². The van der Waals surface area contributed by atoms with Crippen LogP contribution in [0.3, 0.4) is 0 Å². The molecule has 0 spiro atoms. The second-order valence-corrected chi connectivity index (χ2v) is 7.18. The molecule has 1 aliphatic rings. The van der Waals surface area contributed by atoms with Gasteiger partial charge in [0.25, 0.3) is 11.8 Å². The number of rotatable bonds is 5. The summed E-state index contributed by atoms with van der Waals surface area (Å²) in [5.41, 5.74) is 1.09. The van der Waals surface area contributed by atoms with Gasteiger partial charge in [-0.15, -0.1) is 0 Å². The summed E-state index contributed by atoms with van der Waals surface area (Å²) in [5, 5.41) is 3.06. The molecule has 0 atom stereocenters. The first kappa shape index (κ1) is 19.6. The number of hydrogen-bond donors (Lipinski definition) is 1. The largest absolute Gasteiger partial charge is 0.438 e. The normalized spacial score (nSPS) is 14.2. The molecule has 1 aromatic heterocycles. The topological polar surface area (TPSA) is 71.5 Å². The molecule has 1 N–H and O–H groups in total. The van der Waals surface area contributed by atoms with Gasteiger partial charge in [0.15, 0.2) is 0 Å². The molecular weight excluding hydrogens is 378 g/mol. The third-order valence-electron chi connectivity index (χ3n) is 5.11. The smallest absolute Gasteiger partial charge is 0.259 e. The van der Waals surface area contributed by atoms with Crippen molar-refractivity contribution in [1.82, 2.24) is 15.2 Å². The number of amides is 2.